The summed E-state index contributed by atoms with van der Waals surface area (Å²) >= 11 is 0. The van der Waals surface area contributed by atoms with Crippen molar-refractivity contribution in [2.75, 3.05) is 13.7 Å². The first kappa shape index (κ1) is 20.5. The van der Waals surface area contributed by atoms with E-state index in [0.717, 1.165) is 11.1 Å². The second kappa shape index (κ2) is 8.50. The van der Waals surface area contributed by atoms with Crippen LogP contribution in [-0.4, -0.2) is 31.2 Å². The average Bonchev–Trinajstić information content (AvgIpc) is 2.51. The topological polar surface area (TPSA) is 113 Å². The molecule has 1 N–H and O–H groups in total. The van der Waals surface area contributed by atoms with Crippen molar-refractivity contribution in [1.82, 2.24) is 5.32 Å². The smallest absolute Gasteiger partial charge is 0.338 e. The first-order valence-corrected chi connectivity index (χ1v) is 7.79. The molecule has 1 aromatic carbocycles. The van der Waals surface area contributed by atoms with Crippen molar-refractivity contribution < 1.29 is 19.1 Å². The molecule has 0 saturated heterocycles. The number of carbonyl (C=O) groups is 2. The molecule has 1 rings (SSSR count). The van der Waals surface area contributed by atoms with E-state index in [4.69, 9.17) is 15.0 Å². The van der Waals surface area contributed by atoms with Gasteiger partial charge in [0.05, 0.1) is 19.2 Å². The Morgan fingerprint density at radius 3 is 2.44 bits per heavy atom. The Balaban J connectivity index is 3.03. The zero-order valence-electron chi connectivity index (χ0n) is 15.5. The molecule has 0 heterocycles. The summed E-state index contributed by atoms with van der Waals surface area (Å²) < 4.78 is 10.00. The highest BCUT2D eigenvalue weighted by Crippen LogP contribution is 2.30. The summed E-state index contributed by atoms with van der Waals surface area (Å²) in [7, 11) is 1.29. The Morgan fingerprint density at radius 1 is 1.28 bits per heavy atom. The molecule has 0 amide bonds. The molecule has 0 saturated carbocycles. The van der Waals surface area contributed by atoms with Gasteiger partial charge >= 0.3 is 11.9 Å². The lowest BCUT2D eigenvalue weighted by atomic mass is 9.97. The fraction of sp³-hybridized carbons (Fsp3) is 0.529. The number of ether oxygens (including phenoxy) is 2. The largest absolute Gasteiger partial charge is 0.465 e. The second-order valence-electron chi connectivity index (χ2n) is 6.55. The van der Waals surface area contributed by atoms with E-state index in [0.29, 0.717) is 23.4 Å². The Hall–Kier alpha value is -2.57. The maximum atomic E-state index is 11.9. The van der Waals surface area contributed by atoms with Crippen LogP contribution in [0.25, 0.3) is 10.4 Å². The van der Waals surface area contributed by atoms with Crippen molar-refractivity contribution in [3.63, 3.8) is 0 Å². The van der Waals surface area contributed by atoms with Crippen LogP contribution in [0.1, 0.15) is 47.8 Å². The molecule has 0 bridgehead atoms. The molecule has 0 fully saturated rings. The number of hydrogen-bond acceptors (Lipinski definition) is 6. The number of esters is 2. The molecule has 25 heavy (non-hydrogen) atoms. The van der Waals surface area contributed by atoms with Gasteiger partial charge in [-0.05, 0) is 62.9 Å². The maximum Gasteiger partial charge on any atom is 0.338 e. The summed E-state index contributed by atoms with van der Waals surface area (Å²) in [5, 5.41) is 6.67. The number of carbonyl (C=O) groups excluding carboxylic acids is 2. The monoisotopic (exact) mass is 348 g/mol. The van der Waals surface area contributed by atoms with Crippen molar-refractivity contribution in [1.29, 1.82) is 0 Å². The number of benzene rings is 1. The van der Waals surface area contributed by atoms with E-state index in [2.05, 4.69) is 15.3 Å². The number of nitrogens with one attached hydrogen (secondary N) is 1. The normalized spacial score (nSPS) is 10.8. The third kappa shape index (κ3) is 5.77. The fourth-order valence-corrected chi connectivity index (χ4v) is 2.33. The van der Waals surface area contributed by atoms with Crippen LogP contribution in [0.15, 0.2) is 11.2 Å². The van der Waals surface area contributed by atoms with Crippen LogP contribution < -0.4 is 5.32 Å². The van der Waals surface area contributed by atoms with Gasteiger partial charge in [-0.2, -0.15) is 0 Å². The van der Waals surface area contributed by atoms with Gasteiger partial charge in [-0.3, -0.25) is 4.79 Å². The molecule has 1 aromatic rings. The Morgan fingerprint density at radius 2 is 1.92 bits per heavy atom. The molecule has 0 unspecified atom stereocenters. The number of rotatable bonds is 6. The van der Waals surface area contributed by atoms with E-state index < -0.39 is 11.6 Å². The number of hydrogen-bond donors (Lipinski definition) is 1. The van der Waals surface area contributed by atoms with E-state index in [1.807, 2.05) is 0 Å². The predicted octanol–water partition coefficient (Wildman–Crippen LogP) is 3.46. The lowest BCUT2D eigenvalue weighted by Gasteiger charge is -2.20. The lowest BCUT2D eigenvalue weighted by Crippen LogP contribution is -2.31. The molecule has 0 aliphatic rings. The number of azide groups is 1. The summed E-state index contributed by atoms with van der Waals surface area (Å²) in [6.45, 7) is 9.21. The molecule has 0 radical (unpaired) electrons. The minimum Gasteiger partial charge on any atom is -0.465 e. The Bertz CT molecular complexity index is 716. The van der Waals surface area contributed by atoms with Crippen LogP contribution in [0, 0.1) is 13.8 Å². The van der Waals surface area contributed by atoms with Crippen molar-refractivity contribution in [2.45, 2.75) is 46.8 Å². The quantitative estimate of drug-likeness (QED) is 0.366. The van der Waals surface area contributed by atoms with Crippen molar-refractivity contribution in [2.24, 2.45) is 5.11 Å². The maximum absolute atomic E-state index is 11.9. The van der Waals surface area contributed by atoms with Gasteiger partial charge in [-0.15, -0.1) is 0 Å². The third-order valence-electron chi connectivity index (χ3n) is 3.47. The summed E-state index contributed by atoms with van der Waals surface area (Å²) in [5.41, 5.74) is 11.0. The molecule has 8 nitrogen and oxygen atoms in total. The highest BCUT2D eigenvalue weighted by atomic mass is 16.6. The molecule has 0 aliphatic carbocycles. The SMILES string of the molecule is COC(=O)c1cc(CNCC(=O)OC(C)(C)C)c(C)c(N=[N+]=[N-])c1C. The second-order valence-corrected chi connectivity index (χ2v) is 6.55. The first-order valence-electron chi connectivity index (χ1n) is 7.79. The van der Waals surface area contributed by atoms with Crippen LogP contribution in [0.3, 0.4) is 0 Å². The van der Waals surface area contributed by atoms with Crippen LogP contribution in [-0.2, 0) is 20.8 Å². The van der Waals surface area contributed by atoms with Gasteiger partial charge < -0.3 is 14.8 Å². The van der Waals surface area contributed by atoms with Gasteiger partial charge in [0.25, 0.3) is 0 Å². The van der Waals surface area contributed by atoms with Crippen LogP contribution in [0.4, 0.5) is 5.69 Å². The van der Waals surface area contributed by atoms with Gasteiger partial charge in [0, 0.05) is 17.1 Å². The molecule has 0 aromatic heterocycles. The highest BCUT2D eigenvalue weighted by Gasteiger charge is 2.18. The van der Waals surface area contributed by atoms with Gasteiger partial charge in [0.2, 0.25) is 0 Å². The fourth-order valence-electron chi connectivity index (χ4n) is 2.33. The predicted molar refractivity (Wildman–Crippen MR) is 93.6 cm³/mol. The van der Waals surface area contributed by atoms with Gasteiger partial charge in [0.1, 0.15) is 5.60 Å². The molecule has 0 aliphatic heterocycles. The van der Waals surface area contributed by atoms with Crippen LogP contribution in [0.5, 0.6) is 0 Å². The summed E-state index contributed by atoms with van der Waals surface area (Å²) in [4.78, 5) is 26.5. The van der Waals surface area contributed by atoms with Crippen molar-refractivity contribution in [3.8, 4) is 0 Å². The highest BCUT2D eigenvalue weighted by molar-refractivity contribution is 5.93. The van der Waals surface area contributed by atoms with E-state index in [9.17, 15) is 9.59 Å². The van der Waals surface area contributed by atoms with E-state index in [1.54, 1.807) is 40.7 Å². The van der Waals surface area contributed by atoms with E-state index >= 15 is 0 Å². The van der Waals surface area contributed by atoms with Crippen molar-refractivity contribution >= 4 is 17.6 Å². The van der Waals surface area contributed by atoms with Gasteiger partial charge in [0.15, 0.2) is 0 Å². The molecule has 8 heteroatoms. The Labute approximate surface area is 147 Å². The summed E-state index contributed by atoms with van der Waals surface area (Å²) in [6.07, 6.45) is 0. The van der Waals surface area contributed by atoms with E-state index in [1.165, 1.54) is 7.11 Å². The molecular weight excluding hydrogens is 324 g/mol. The van der Waals surface area contributed by atoms with Gasteiger partial charge in [-0.1, -0.05) is 5.11 Å². The summed E-state index contributed by atoms with van der Waals surface area (Å²) in [6, 6.07) is 1.68. The minimum atomic E-state index is -0.550. The zero-order valence-corrected chi connectivity index (χ0v) is 15.5. The minimum absolute atomic E-state index is 0.0228. The standard InChI is InChI=1S/C17H24N4O4/c1-10-12(8-19-9-14(22)25-17(3,4)5)7-13(16(23)24-6)11(2)15(10)20-21-18/h7,19H,8-9H2,1-6H3. The van der Waals surface area contributed by atoms with E-state index in [-0.39, 0.29) is 12.5 Å². The van der Waals surface area contributed by atoms with Gasteiger partial charge in [-0.25, -0.2) is 4.79 Å². The first-order chi connectivity index (χ1) is 11.6. The molecule has 0 spiro atoms. The zero-order chi connectivity index (χ0) is 19.2. The number of methoxy groups -OCH3 is 1. The third-order valence-corrected chi connectivity index (χ3v) is 3.47. The van der Waals surface area contributed by atoms with Crippen LogP contribution in [0.2, 0.25) is 0 Å². The summed E-state index contributed by atoms with van der Waals surface area (Å²) in [5.74, 6) is -0.888. The molecule has 0 atom stereocenters. The average molecular weight is 348 g/mol. The molecule has 136 valence electrons. The Kier molecular flexibility index (Phi) is 6.97. The molecular formula is C17H24N4O4. The van der Waals surface area contributed by atoms with Crippen molar-refractivity contribution in [3.05, 3.63) is 38.8 Å². The van der Waals surface area contributed by atoms with Crippen LogP contribution >= 0.6 is 0 Å². The number of nitrogens with zero attached hydrogens (tertiary/aromatic N) is 3. The lowest BCUT2D eigenvalue weighted by molar-refractivity contribution is -0.153.